The van der Waals surface area contributed by atoms with Crippen LogP contribution < -0.4 is 5.32 Å². The van der Waals surface area contributed by atoms with Gasteiger partial charge in [-0.05, 0) is 35.3 Å². The van der Waals surface area contributed by atoms with Crippen molar-refractivity contribution < 1.29 is 5.11 Å². The van der Waals surface area contributed by atoms with Gasteiger partial charge in [-0.3, -0.25) is 0 Å². The first-order chi connectivity index (χ1) is 8.38. The van der Waals surface area contributed by atoms with Gasteiger partial charge in [0.2, 0.25) is 0 Å². The number of thiocarbonyl (C=S) groups is 1. The van der Waals surface area contributed by atoms with Crippen molar-refractivity contribution in [2.45, 2.75) is 32.7 Å². The van der Waals surface area contributed by atoms with Gasteiger partial charge in [-0.1, -0.05) is 26.8 Å². The molecular formula is C14H20N2OS. The van der Waals surface area contributed by atoms with Crippen molar-refractivity contribution in [1.82, 2.24) is 10.2 Å². The molecule has 3 nitrogen and oxygen atoms in total. The number of phenols is 1. The van der Waals surface area contributed by atoms with E-state index in [4.69, 9.17) is 12.2 Å². The van der Waals surface area contributed by atoms with Gasteiger partial charge in [0.05, 0.1) is 0 Å². The first kappa shape index (κ1) is 13.1. The molecule has 0 saturated carbocycles. The Morgan fingerprint density at radius 1 is 1.39 bits per heavy atom. The van der Waals surface area contributed by atoms with Crippen LogP contribution in [0.5, 0.6) is 5.75 Å². The van der Waals surface area contributed by atoms with Gasteiger partial charge in [0, 0.05) is 25.2 Å². The smallest absolute Gasteiger partial charge is 0.169 e. The molecule has 1 saturated heterocycles. The zero-order valence-corrected chi connectivity index (χ0v) is 12.0. The molecule has 1 aromatic rings. The van der Waals surface area contributed by atoms with E-state index in [9.17, 15) is 5.11 Å². The Morgan fingerprint density at radius 2 is 2.11 bits per heavy atom. The highest BCUT2D eigenvalue weighted by Crippen LogP contribution is 2.28. The van der Waals surface area contributed by atoms with E-state index in [0.29, 0.717) is 12.3 Å². The molecule has 1 aliphatic heterocycles. The molecule has 1 aliphatic rings. The molecule has 1 aromatic carbocycles. The fourth-order valence-corrected chi connectivity index (χ4v) is 2.30. The van der Waals surface area contributed by atoms with Gasteiger partial charge in [0.25, 0.3) is 0 Å². The minimum atomic E-state index is 0.0895. The largest absolute Gasteiger partial charge is 0.508 e. The summed E-state index contributed by atoms with van der Waals surface area (Å²) in [5, 5.41) is 13.9. The SMILES string of the molecule is CC(C)(C)c1ccc(O)c(CN2CCNC2=S)c1. The summed E-state index contributed by atoms with van der Waals surface area (Å²) in [5.74, 6) is 0.345. The van der Waals surface area contributed by atoms with Crippen LogP contribution in [-0.4, -0.2) is 28.2 Å². The van der Waals surface area contributed by atoms with Gasteiger partial charge in [0.15, 0.2) is 5.11 Å². The lowest BCUT2D eigenvalue weighted by molar-refractivity contribution is 0.426. The van der Waals surface area contributed by atoms with Crippen molar-refractivity contribution in [3.8, 4) is 5.75 Å². The van der Waals surface area contributed by atoms with Crippen molar-refractivity contribution in [1.29, 1.82) is 0 Å². The van der Waals surface area contributed by atoms with Crippen LogP contribution in [0.3, 0.4) is 0 Å². The van der Waals surface area contributed by atoms with E-state index in [-0.39, 0.29) is 5.41 Å². The average Bonchev–Trinajstić information content (AvgIpc) is 2.66. The monoisotopic (exact) mass is 264 g/mol. The van der Waals surface area contributed by atoms with Crippen LogP contribution in [0.15, 0.2) is 18.2 Å². The van der Waals surface area contributed by atoms with E-state index in [0.717, 1.165) is 23.8 Å². The molecule has 2 rings (SSSR count). The minimum absolute atomic E-state index is 0.0895. The predicted octanol–water partition coefficient (Wildman–Crippen LogP) is 2.38. The van der Waals surface area contributed by atoms with E-state index in [1.54, 1.807) is 6.07 Å². The number of nitrogens with one attached hydrogen (secondary N) is 1. The summed E-state index contributed by atoms with van der Waals surface area (Å²) < 4.78 is 0. The predicted molar refractivity (Wildman–Crippen MR) is 77.8 cm³/mol. The summed E-state index contributed by atoms with van der Waals surface area (Å²) in [6.07, 6.45) is 0. The van der Waals surface area contributed by atoms with Gasteiger partial charge >= 0.3 is 0 Å². The zero-order valence-electron chi connectivity index (χ0n) is 11.2. The summed E-state index contributed by atoms with van der Waals surface area (Å²) >= 11 is 5.22. The number of hydrogen-bond acceptors (Lipinski definition) is 2. The maximum absolute atomic E-state index is 9.96. The van der Waals surface area contributed by atoms with Crippen molar-refractivity contribution in [2.24, 2.45) is 0 Å². The molecule has 0 bridgehead atoms. The Balaban J connectivity index is 2.24. The summed E-state index contributed by atoms with van der Waals surface area (Å²) in [6, 6.07) is 5.85. The summed E-state index contributed by atoms with van der Waals surface area (Å²) in [7, 11) is 0. The molecule has 98 valence electrons. The number of hydrogen-bond donors (Lipinski definition) is 2. The number of nitrogens with zero attached hydrogens (tertiary/aromatic N) is 1. The molecule has 1 heterocycles. The Kier molecular flexibility index (Phi) is 3.48. The molecule has 0 radical (unpaired) electrons. The van der Waals surface area contributed by atoms with Crippen molar-refractivity contribution >= 4 is 17.3 Å². The molecule has 1 fully saturated rings. The normalized spacial score (nSPS) is 15.9. The van der Waals surface area contributed by atoms with Crippen LogP contribution in [0.1, 0.15) is 31.9 Å². The van der Waals surface area contributed by atoms with Crippen molar-refractivity contribution in [3.63, 3.8) is 0 Å². The highest BCUT2D eigenvalue weighted by molar-refractivity contribution is 7.80. The second kappa shape index (κ2) is 4.76. The topological polar surface area (TPSA) is 35.5 Å². The average molecular weight is 264 g/mol. The highest BCUT2D eigenvalue weighted by Gasteiger charge is 2.19. The molecule has 0 unspecified atom stereocenters. The number of phenolic OH excluding ortho intramolecular Hbond substituents is 1. The maximum atomic E-state index is 9.96. The van der Waals surface area contributed by atoms with Crippen LogP contribution in [-0.2, 0) is 12.0 Å². The number of benzene rings is 1. The third-order valence-corrected chi connectivity index (χ3v) is 3.65. The van der Waals surface area contributed by atoms with E-state index in [1.165, 1.54) is 5.56 Å². The Hall–Kier alpha value is -1.29. The first-order valence-electron chi connectivity index (χ1n) is 6.23. The Morgan fingerprint density at radius 3 is 2.67 bits per heavy atom. The van der Waals surface area contributed by atoms with Gasteiger partial charge < -0.3 is 15.3 Å². The maximum Gasteiger partial charge on any atom is 0.169 e. The van der Waals surface area contributed by atoms with E-state index < -0.39 is 0 Å². The molecular weight excluding hydrogens is 244 g/mol. The van der Waals surface area contributed by atoms with Crippen molar-refractivity contribution in [3.05, 3.63) is 29.3 Å². The second-order valence-corrected chi connectivity index (χ2v) is 6.13. The van der Waals surface area contributed by atoms with Gasteiger partial charge in [-0.25, -0.2) is 0 Å². The second-order valence-electron chi connectivity index (χ2n) is 5.75. The number of rotatable bonds is 2. The fraction of sp³-hybridized carbons (Fsp3) is 0.500. The fourth-order valence-electron chi connectivity index (χ4n) is 2.05. The highest BCUT2D eigenvalue weighted by atomic mass is 32.1. The quantitative estimate of drug-likeness (QED) is 0.804. The van der Waals surface area contributed by atoms with Crippen LogP contribution >= 0.6 is 12.2 Å². The van der Waals surface area contributed by atoms with E-state index in [2.05, 4.69) is 37.1 Å². The van der Waals surface area contributed by atoms with Crippen LogP contribution in [0, 0.1) is 0 Å². The third kappa shape index (κ3) is 2.75. The molecule has 0 atom stereocenters. The molecule has 2 N–H and O–H groups in total. The van der Waals surface area contributed by atoms with E-state index >= 15 is 0 Å². The van der Waals surface area contributed by atoms with Gasteiger partial charge in [-0.15, -0.1) is 0 Å². The summed E-state index contributed by atoms with van der Waals surface area (Å²) in [4.78, 5) is 2.08. The Bertz CT molecular complexity index is 465. The molecule has 0 amide bonds. The van der Waals surface area contributed by atoms with Crippen LogP contribution in [0.2, 0.25) is 0 Å². The molecule has 0 aliphatic carbocycles. The van der Waals surface area contributed by atoms with Crippen LogP contribution in [0.4, 0.5) is 0 Å². The lowest BCUT2D eigenvalue weighted by Gasteiger charge is -2.22. The first-order valence-corrected chi connectivity index (χ1v) is 6.64. The summed E-state index contributed by atoms with van der Waals surface area (Å²) in [6.45, 7) is 8.97. The molecule has 0 spiro atoms. The van der Waals surface area contributed by atoms with Crippen LogP contribution in [0.25, 0.3) is 0 Å². The summed E-state index contributed by atoms with van der Waals surface area (Å²) in [5.41, 5.74) is 2.26. The third-order valence-electron chi connectivity index (χ3n) is 3.25. The standard InChI is InChI=1S/C14H20N2OS/c1-14(2,3)11-4-5-12(17)10(8-11)9-16-7-6-15-13(16)18/h4-5,8,17H,6-7,9H2,1-3H3,(H,15,18). The van der Waals surface area contributed by atoms with Gasteiger partial charge in [-0.2, -0.15) is 0 Å². The molecule has 0 aromatic heterocycles. The van der Waals surface area contributed by atoms with E-state index in [1.807, 2.05) is 6.07 Å². The lowest BCUT2D eigenvalue weighted by Crippen LogP contribution is -2.27. The van der Waals surface area contributed by atoms with Gasteiger partial charge in [0.1, 0.15) is 5.75 Å². The number of aromatic hydroxyl groups is 1. The molecule has 4 heteroatoms. The lowest BCUT2D eigenvalue weighted by atomic mass is 9.86. The Labute approximate surface area is 114 Å². The zero-order chi connectivity index (χ0) is 13.3. The molecule has 18 heavy (non-hydrogen) atoms. The van der Waals surface area contributed by atoms with Crippen molar-refractivity contribution in [2.75, 3.05) is 13.1 Å². The minimum Gasteiger partial charge on any atom is -0.508 e.